The average Bonchev–Trinajstić information content (AvgIpc) is 2.42. The molecule has 108 valence electrons. The van der Waals surface area contributed by atoms with Crippen molar-refractivity contribution in [2.45, 2.75) is 13.0 Å². The van der Waals surface area contributed by atoms with Crippen LogP contribution >= 0.6 is 11.6 Å². The molecule has 0 radical (unpaired) electrons. The van der Waals surface area contributed by atoms with Gasteiger partial charge in [0.2, 0.25) is 11.8 Å². The summed E-state index contributed by atoms with van der Waals surface area (Å²) in [5.41, 5.74) is 0.350. The topological polar surface area (TPSA) is 49.4 Å². The number of hydrogen-bond acceptors (Lipinski definition) is 2. The first-order chi connectivity index (χ1) is 9.43. The van der Waals surface area contributed by atoms with Crippen molar-refractivity contribution in [3.8, 4) is 0 Å². The minimum absolute atomic E-state index is 0.126. The van der Waals surface area contributed by atoms with Crippen molar-refractivity contribution in [2.75, 3.05) is 13.6 Å². The number of rotatable bonds is 6. The first kappa shape index (κ1) is 16.2. The summed E-state index contributed by atoms with van der Waals surface area (Å²) < 4.78 is 13.5. The molecule has 0 saturated heterocycles. The van der Waals surface area contributed by atoms with Gasteiger partial charge in [-0.25, -0.2) is 4.39 Å². The molecular formula is C14H16ClFN2O2. The number of nitrogens with zero attached hydrogens (tertiary/aromatic N) is 1. The van der Waals surface area contributed by atoms with Crippen LogP contribution in [0.15, 0.2) is 30.9 Å². The number of carbonyl (C=O) groups excluding carboxylic acids is 2. The number of nitrogens with one attached hydrogen (secondary N) is 1. The Kier molecular flexibility index (Phi) is 6.18. The fourth-order valence-corrected chi connectivity index (χ4v) is 1.76. The largest absolute Gasteiger partial charge is 0.352 e. The molecule has 0 atom stereocenters. The van der Waals surface area contributed by atoms with Crippen LogP contribution in [-0.2, 0) is 16.1 Å². The van der Waals surface area contributed by atoms with Crippen molar-refractivity contribution in [2.24, 2.45) is 0 Å². The monoisotopic (exact) mass is 298 g/mol. The average molecular weight is 299 g/mol. The molecule has 0 unspecified atom stereocenters. The maximum absolute atomic E-state index is 13.5. The highest BCUT2D eigenvalue weighted by molar-refractivity contribution is 6.30. The molecule has 0 aliphatic carbocycles. The Morgan fingerprint density at radius 1 is 1.50 bits per heavy atom. The molecule has 0 bridgehead atoms. The van der Waals surface area contributed by atoms with E-state index in [0.717, 1.165) is 6.08 Å². The predicted molar refractivity (Wildman–Crippen MR) is 75.7 cm³/mol. The smallest absolute Gasteiger partial charge is 0.243 e. The van der Waals surface area contributed by atoms with Gasteiger partial charge >= 0.3 is 0 Å². The highest BCUT2D eigenvalue weighted by atomic mass is 35.5. The number of hydrogen-bond donors (Lipinski definition) is 1. The van der Waals surface area contributed by atoms with E-state index in [0.29, 0.717) is 10.6 Å². The fourth-order valence-electron chi connectivity index (χ4n) is 1.56. The summed E-state index contributed by atoms with van der Waals surface area (Å²) in [5.74, 6) is -0.941. The summed E-state index contributed by atoms with van der Waals surface area (Å²) in [5, 5.41) is 2.92. The Bertz CT molecular complexity index is 520. The van der Waals surface area contributed by atoms with Gasteiger partial charge in [-0.3, -0.25) is 9.59 Å². The Hall–Kier alpha value is -1.88. The molecule has 1 N–H and O–H groups in total. The molecule has 0 aliphatic rings. The second-order valence-electron chi connectivity index (χ2n) is 4.23. The normalized spacial score (nSPS) is 9.95. The van der Waals surface area contributed by atoms with Crippen LogP contribution in [0.1, 0.15) is 12.0 Å². The third kappa shape index (κ3) is 5.01. The van der Waals surface area contributed by atoms with E-state index < -0.39 is 5.82 Å². The third-order valence-electron chi connectivity index (χ3n) is 2.66. The predicted octanol–water partition coefficient (Wildman–Crippen LogP) is 2.13. The van der Waals surface area contributed by atoms with E-state index >= 15 is 0 Å². The van der Waals surface area contributed by atoms with Gasteiger partial charge in [-0.15, -0.1) is 0 Å². The quantitative estimate of drug-likeness (QED) is 0.818. The van der Waals surface area contributed by atoms with E-state index in [9.17, 15) is 14.0 Å². The van der Waals surface area contributed by atoms with Gasteiger partial charge < -0.3 is 10.2 Å². The van der Waals surface area contributed by atoms with Crippen molar-refractivity contribution in [3.63, 3.8) is 0 Å². The molecule has 0 saturated carbocycles. The van der Waals surface area contributed by atoms with Gasteiger partial charge in [0, 0.05) is 37.1 Å². The minimum atomic E-state index is -0.408. The van der Waals surface area contributed by atoms with Crippen LogP contribution in [0.3, 0.4) is 0 Å². The standard InChI is InChI=1S/C14H16ClFN2O2/c1-3-13(19)17-7-6-14(20)18(2)9-10-8-11(15)4-5-12(10)16/h3-5,8H,1,6-7,9H2,2H3,(H,17,19). The first-order valence-corrected chi connectivity index (χ1v) is 6.40. The van der Waals surface area contributed by atoms with Crippen LogP contribution in [0.5, 0.6) is 0 Å². The Morgan fingerprint density at radius 2 is 2.20 bits per heavy atom. The molecule has 4 nitrogen and oxygen atoms in total. The summed E-state index contributed by atoms with van der Waals surface area (Å²) in [6.45, 7) is 3.65. The summed E-state index contributed by atoms with van der Waals surface area (Å²) in [4.78, 5) is 24.1. The Morgan fingerprint density at radius 3 is 2.85 bits per heavy atom. The minimum Gasteiger partial charge on any atom is -0.352 e. The zero-order valence-corrected chi connectivity index (χ0v) is 11.9. The van der Waals surface area contributed by atoms with Gasteiger partial charge in [-0.1, -0.05) is 18.2 Å². The number of amides is 2. The highest BCUT2D eigenvalue weighted by Crippen LogP contribution is 2.16. The number of halogens is 2. The van der Waals surface area contributed by atoms with Gasteiger partial charge in [0.25, 0.3) is 0 Å². The maximum atomic E-state index is 13.5. The van der Waals surface area contributed by atoms with Crippen LogP contribution < -0.4 is 5.32 Å². The molecule has 1 aromatic rings. The van der Waals surface area contributed by atoms with Gasteiger partial charge in [0.05, 0.1) is 0 Å². The summed E-state index contributed by atoms with van der Waals surface area (Å²) in [7, 11) is 1.57. The molecule has 1 rings (SSSR count). The molecule has 0 heterocycles. The molecular weight excluding hydrogens is 283 g/mol. The summed E-state index contributed by atoms with van der Waals surface area (Å²) >= 11 is 5.79. The summed E-state index contributed by atoms with van der Waals surface area (Å²) in [6.07, 6.45) is 1.27. The lowest BCUT2D eigenvalue weighted by molar-refractivity contribution is -0.130. The van der Waals surface area contributed by atoms with Crippen LogP contribution in [0.2, 0.25) is 5.02 Å². The summed E-state index contributed by atoms with van der Waals surface area (Å²) in [6, 6.07) is 4.20. The second kappa shape index (κ2) is 7.65. The first-order valence-electron chi connectivity index (χ1n) is 6.02. The lowest BCUT2D eigenvalue weighted by Gasteiger charge is -2.18. The SMILES string of the molecule is C=CC(=O)NCCC(=O)N(C)Cc1cc(Cl)ccc1F. The molecule has 0 fully saturated rings. The molecule has 1 aromatic carbocycles. The van der Waals surface area contributed by atoms with Crippen LogP contribution in [0, 0.1) is 5.82 Å². The third-order valence-corrected chi connectivity index (χ3v) is 2.90. The van der Waals surface area contributed by atoms with E-state index in [4.69, 9.17) is 11.6 Å². The Balaban J connectivity index is 2.51. The van der Waals surface area contributed by atoms with Crippen molar-refractivity contribution in [1.29, 1.82) is 0 Å². The molecule has 6 heteroatoms. The van der Waals surface area contributed by atoms with Gasteiger partial charge in [-0.05, 0) is 24.3 Å². The van der Waals surface area contributed by atoms with Crippen molar-refractivity contribution >= 4 is 23.4 Å². The van der Waals surface area contributed by atoms with Crippen LogP contribution in [0.4, 0.5) is 4.39 Å². The lowest BCUT2D eigenvalue weighted by Crippen LogP contribution is -2.31. The number of carbonyl (C=O) groups is 2. The van der Waals surface area contributed by atoms with E-state index in [1.54, 1.807) is 7.05 Å². The molecule has 0 aromatic heterocycles. The van der Waals surface area contributed by atoms with E-state index in [2.05, 4.69) is 11.9 Å². The zero-order chi connectivity index (χ0) is 15.1. The molecule has 0 spiro atoms. The number of benzene rings is 1. The van der Waals surface area contributed by atoms with Crippen molar-refractivity contribution in [1.82, 2.24) is 10.2 Å². The van der Waals surface area contributed by atoms with E-state index in [-0.39, 0.29) is 31.3 Å². The lowest BCUT2D eigenvalue weighted by atomic mass is 10.2. The van der Waals surface area contributed by atoms with E-state index in [1.165, 1.54) is 23.1 Å². The van der Waals surface area contributed by atoms with Crippen LogP contribution in [-0.4, -0.2) is 30.3 Å². The van der Waals surface area contributed by atoms with Gasteiger partial charge in [0.1, 0.15) is 5.82 Å². The maximum Gasteiger partial charge on any atom is 0.243 e. The van der Waals surface area contributed by atoms with Crippen molar-refractivity contribution < 1.29 is 14.0 Å². The molecule has 0 aliphatic heterocycles. The van der Waals surface area contributed by atoms with Crippen molar-refractivity contribution in [3.05, 3.63) is 47.3 Å². The van der Waals surface area contributed by atoms with E-state index in [1.807, 2.05) is 0 Å². The van der Waals surface area contributed by atoms with Gasteiger partial charge in [-0.2, -0.15) is 0 Å². The fraction of sp³-hybridized carbons (Fsp3) is 0.286. The molecule has 2 amide bonds. The van der Waals surface area contributed by atoms with Gasteiger partial charge in [0.15, 0.2) is 0 Å². The molecule has 20 heavy (non-hydrogen) atoms. The Labute approximate surface area is 122 Å². The highest BCUT2D eigenvalue weighted by Gasteiger charge is 2.12. The second-order valence-corrected chi connectivity index (χ2v) is 4.67. The zero-order valence-electron chi connectivity index (χ0n) is 11.2. The van der Waals surface area contributed by atoms with Crippen LogP contribution in [0.25, 0.3) is 0 Å².